The fraction of sp³-hybridized carbons (Fsp3) is 0.667. The van der Waals surface area contributed by atoms with Crippen molar-refractivity contribution >= 4 is 6.98 Å². The third-order valence-corrected chi connectivity index (χ3v) is 1.84. The molecule has 0 bridgehead atoms. The quantitative estimate of drug-likeness (QED) is 0.498. The second-order valence-electron chi connectivity index (χ2n) is 2.71. The molecule has 0 fully saturated rings. The van der Waals surface area contributed by atoms with E-state index in [0.29, 0.717) is 6.98 Å². The van der Waals surface area contributed by atoms with Gasteiger partial charge in [-0.05, 0) is 14.1 Å². The van der Waals surface area contributed by atoms with E-state index in [4.69, 9.17) is 0 Å². The molecule has 1 aliphatic heterocycles. The maximum Gasteiger partial charge on any atom is 0.359 e. The Bertz CT molecular complexity index is 137. The van der Waals surface area contributed by atoms with Crippen molar-refractivity contribution < 1.29 is 0 Å². The molecule has 1 heterocycles. The predicted molar refractivity (Wildman–Crippen MR) is 44.3 cm³/mol. The minimum Gasteiger partial charge on any atom is -0.408 e. The highest BCUT2D eigenvalue weighted by molar-refractivity contribution is 6.53. The first-order valence-corrected chi connectivity index (χ1v) is 3.52. The summed E-state index contributed by atoms with van der Waals surface area (Å²) in [4.78, 5) is 4.33. The normalized spacial score (nSPS) is 18.5. The first kappa shape index (κ1) is 7.47. The molecule has 3 nitrogen and oxygen atoms in total. The van der Waals surface area contributed by atoms with Crippen molar-refractivity contribution in [1.82, 2.24) is 14.9 Å². The summed E-state index contributed by atoms with van der Waals surface area (Å²) in [6.45, 7) is 0.454. The zero-order valence-corrected chi connectivity index (χ0v) is 6.83. The summed E-state index contributed by atoms with van der Waals surface area (Å²) in [7, 11) is 6.13. The standard InChI is InChI=1S/C6H14BN3/c1-8-7-6-9(2)4-5-10(7)3/h4-5,8H,6H2,1-3H3. The lowest BCUT2D eigenvalue weighted by molar-refractivity contribution is 0.468. The van der Waals surface area contributed by atoms with Crippen LogP contribution in [-0.4, -0.2) is 44.3 Å². The highest BCUT2D eigenvalue weighted by atomic mass is 15.2. The molecule has 0 unspecified atom stereocenters. The van der Waals surface area contributed by atoms with Crippen LogP contribution in [0.15, 0.2) is 12.4 Å². The molecule has 0 amide bonds. The molecule has 0 spiro atoms. The van der Waals surface area contributed by atoms with E-state index in [1.54, 1.807) is 0 Å². The fourth-order valence-corrected chi connectivity index (χ4v) is 1.08. The summed E-state index contributed by atoms with van der Waals surface area (Å²) in [6, 6.07) is 0. The van der Waals surface area contributed by atoms with Gasteiger partial charge in [0.25, 0.3) is 0 Å². The Labute approximate surface area is 62.8 Å². The van der Waals surface area contributed by atoms with Gasteiger partial charge in [-0.2, -0.15) is 0 Å². The van der Waals surface area contributed by atoms with Crippen LogP contribution in [0.1, 0.15) is 0 Å². The van der Waals surface area contributed by atoms with Crippen LogP contribution in [0, 0.1) is 0 Å². The molecule has 10 heavy (non-hydrogen) atoms. The van der Waals surface area contributed by atoms with Crippen LogP contribution in [0.5, 0.6) is 0 Å². The van der Waals surface area contributed by atoms with E-state index < -0.39 is 0 Å². The maximum absolute atomic E-state index is 3.22. The van der Waals surface area contributed by atoms with Gasteiger partial charge >= 0.3 is 6.98 Å². The fourth-order valence-electron chi connectivity index (χ4n) is 1.08. The SMILES string of the molecule is CNB1CN(C)C=CN1C. The van der Waals surface area contributed by atoms with Crippen LogP contribution < -0.4 is 5.23 Å². The molecule has 0 saturated carbocycles. The average molecular weight is 139 g/mol. The van der Waals surface area contributed by atoms with Gasteiger partial charge in [0.15, 0.2) is 0 Å². The minimum atomic E-state index is 0.454. The summed E-state index contributed by atoms with van der Waals surface area (Å²) in [5.74, 6) is 0. The van der Waals surface area contributed by atoms with Gasteiger partial charge in [-0.25, -0.2) is 0 Å². The van der Waals surface area contributed by atoms with Gasteiger partial charge < -0.3 is 14.9 Å². The summed E-state index contributed by atoms with van der Waals surface area (Å²) in [6.07, 6.45) is 5.20. The lowest BCUT2D eigenvalue weighted by Crippen LogP contribution is -2.53. The summed E-state index contributed by atoms with van der Waals surface area (Å²) in [5.41, 5.74) is 0. The second kappa shape index (κ2) is 2.97. The Morgan fingerprint density at radius 2 is 2.10 bits per heavy atom. The van der Waals surface area contributed by atoms with Crippen LogP contribution >= 0.6 is 0 Å². The zero-order chi connectivity index (χ0) is 7.56. The summed E-state index contributed by atoms with van der Waals surface area (Å²) in [5, 5.41) is 3.22. The molecule has 56 valence electrons. The Morgan fingerprint density at radius 3 is 2.60 bits per heavy atom. The maximum atomic E-state index is 3.22. The van der Waals surface area contributed by atoms with E-state index in [1.807, 2.05) is 7.05 Å². The molecule has 0 radical (unpaired) electrons. The molecule has 0 aromatic rings. The van der Waals surface area contributed by atoms with Crippen molar-refractivity contribution in [3.8, 4) is 0 Å². The lowest BCUT2D eigenvalue weighted by Gasteiger charge is -2.31. The van der Waals surface area contributed by atoms with E-state index in [-0.39, 0.29) is 0 Å². The van der Waals surface area contributed by atoms with Gasteiger partial charge in [-0.1, -0.05) is 0 Å². The van der Waals surface area contributed by atoms with Crippen LogP contribution in [0.25, 0.3) is 0 Å². The largest absolute Gasteiger partial charge is 0.408 e. The molecular formula is C6H14BN3. The molecule has 1 rings (SSSR count). The number of nitrogens with zero attached hydrogens (tertiary/aromatic N) is 2. The van der Waals surface area contributed by atoms with Crippen LogP contribution in [0.2, 0.25) is 0 Å². The van der Waals surface area contributed by atoms with Crippen LogP contribution in [0.4, 0.5) is 0 Å². The molecule has 0 aromatic carbocycles. The predicted octanol–water partition coefficient (Wildman–Crippen LogP) is -0.418. The van der Waals surface area contributed by atoms with Crippen molar-refractivity contribution in [2.24, 2.45) is 0 Å². The van der Waals surface area contributed by atoms with Crippen molar-refractivity contribution in [2.75, 3.05) is 27.6 Å². The van der Waals surface area contributed by atoms with Gasteiger partial charge in [0.05, 0.1) is 0 Å². The topological polar surface area (TPSA) is 18.5 Å². The highest BCUT2D eigenvalue weighted by Crippen LogP contribution is 1.99. The average Bonchev–Trinajstić information content (AvgIpc) is 1.94. The second-order valence-corrected chi connectivity index (χ2v) is 2.71. The molecular weight excluding hydrogens is 125 g/mol. The molecule has 1 N–H and O–H groups in total. The molecule has 0 aromatic heterocycles. The molecule has 0 saturated heterocycles. The number of nitrogens with one attached hydrogen (secondary N) is 1. The summed E-state index contributed by atoms with van der Waals surface area (Å²) >= 11 is 0. The number of hydrogen-bond donors (Lipinski definition) is 1. The van der Waals surface area contributed by atoms with Gasteiger partial charge in [0.2, 0.25) is 0 Å². The third-order valence-electron chi connectivity index (χ3n) is 1.84. The highest BCUT2D eigenvalue weighted by Gasteiger charge is 2.20. The van der Waals surface area contributed by atoms with Crippen molar-refractivity contribution in [3.05, 3.63) is 12.4 Å². The smallest absolute Gasteiger partial charge is 0.359 e. The van der Waals surface area contributed by atoms with E-state index in [0.717, 1.165) is 6.44 Å². The monoisotopic (exact) mass is 139 g/mol. The van der Waals surface area contributed by atoms with Crippen molar-refractivity contribution in [2.45, 2.75) is 0 Å². The molecule has 1 aliphatic rings. The Hall–Kier alpha value is -0.635. The van der Waals surface area contributed by atoms with Gasteiger partial charge in [0.1, 0.15) is 0 Å². The minimum absolute atomic E-state index is 0.454. The zero-order valence-electron chi connectivity index (χ0n) is 6.83. The third kappa shape index (κ3) is 1.45. The van der Waals surface area contributed by atoms with E-state index >= 15 is 0 Å². The van der Waals surface area contributed by atoms with Gasteiger partial charge in [0, 0.05) is 25.9 Å². The van der Waals surface area contributed by atoms with Crippen molar-refractivity contribution in [3.63, 3.8) is 0 Å². The van der Waals surface area contributed by atoms with Crippen LogP contribution in [0.3, 0.4) is 0 Å². The van der Waals surface area contributed by atoms with E-state index in [9.17, 15) is 0 Å². The van der Waals surface area contributed by atoms with Crippen LogP contribution in [-0.2, 0) is 0 Å². The Balaban J connectivity index is 2.53. The Morgan fingerprint density at radius 1 is 1.40 bits per heavy atom. The van der Waals surface area contributed by atoms with E-state index in [2.05, 4.69) is 41.4 Å². The first-order valence-electron chi connectivity index (χ1n) is 3.52. The molecule has 0 aliphatic carbocycles. The lowest BCUT2D eigenvalue weighted by atomic mass is 9.73. The van der Waals surface area contributed by atoms with Gasteiger partial charge in [-0.15, -0.1) is 0 Å². The first-order chi connectivity index (χ1) is 4.74. The van der Waals surface area contributed by atoms with Crippen molar-refractivity contribution in [1.29, 1.82) is 0 Å². The molecule has 0 atom stereocenters. The Kier molecular flexibility index (Phi) is 2.22. The van der Waals surface area contributed by atoms with E-state index in [1.165, 1.54) is 0 Å². The summed E-state index contributed by atoms with van der Waals surface area (Å²) < 4.78 is 0. The molecule has 4 heteroatoms. The number of rotatable bonds is 1. The number of hydrogen-bond acceptors (Lipinski definition) is 3. The van der Waals surface area contributed by atoms with Gasteiger partial charge in [-0.3, -0.25) is 0 Å².